The van der Waals surface area contributed by atoms with Crippen LogP contribution in [0, 0.1) is 5.92 Å². The quantitative estimate of drug-likeness (QED) is 0.728. The van der Waals surface area contributed by atoms with Gasteiger partial charge in [0.2, 0.25) is 0 Å². The van der Waals surface area contributed by atoms with Gasteiger partial charge in [0.1, 0.15) is 0 Å². The summed E-state index contributed by atoms with van der Waals surface area (Å²) in [6.07, 6.45) is 4.03. The highest BCUT2D eigenvalue weighted by Crippen LogP contribution is 2.10. The maximum absolute atomic E-state index is 3.75. The Balaban J connectivity index is 2.23. The number of hydrogen-bond donors (Lipinski definition) is 1. The third-order valence-electron chi connectivity index (χ3n) is 3.47. The fraction of sp³-hybridized carbons (Fsp3) is 1.00. The number of nitrogens with one attached hydrogen (secondary N) is 1. The number of likely N-dealkylation sites (tertiary alicyclic amines) is 1. The summed E-state index contributed by atoms with van der Waals surface area (Å²) >= 11 is 0. The molecule has 0 aromatic carbocycles. The van der Waals surface area contributed by atoms with E-state index in [2.05, 4.69) is 37.9 Å². The van der Waals surface area contributed by atoms with Crippen molar-refractivity contribution in [2.24, 2.45) is 5.92 Å². The van der Waals surface area contributed by atoms with E-state index in [1.54, 1.807) is 0 Å². The molecule has 2 unspecified atom stereocenters. The summed E-state index contributed by atoms with van der Waals surface area (Å²) in [5.41, 5.74) is 0. The van der Waals surface area contributed by atoms with Crippen LogP contribution in [0.15, 0.2) is 0 Å². The fourth-order valence-corrected chi connectivity index (χ4v) is 2.55. The molecule has 1 fully saturated rings. The van der Waals surface area contributed by atoms with E-state index in [4.69, 9.17) is 0 Å². The smallest absolute Gasteiger partial charge is 0.0169 e. The SMILES string of the molecule is CCC(NC(C)CN1CCCC1)C(C)C. The monoisotopic (exact) mass is 212 g/mol. The first-order valence-electron chi connectivity index (χ1n) is 6.62. The molecule has 1 N–H and O–H groups in total. The van der Waals surface area contributed by atoms with Crippen molar-refractivity contribution in [1.82, 2.24) is 10.2 Å². The van der Waals surface area contributed by atoms with Crippen LogP contribution in [0.5, 0.6) is 0 Å². The third-order valence-corrected chi connectivity index (χ3v) is 3.47. The molecule has 90 valence electrons. The topological polar surface area (TPSA) is 15.3 Å². The van der Waals surface area contributed by atoms with Crippen molar-refractivity contribution in [3.8, 4) is 0 Å². The van der Waals surface area contributed by atoms with Crippen LogP contribution in [0.3, 0.4) is 0 Å². The minimum atomic E-state index is 0.635. The molecule has 1 aliphatic heterocycles. The van der Waals surface area contributed by atoms with E-state index in [1.165, 1.54) is 38.9 Å². The lowest BCUT2D eigenvalue weighted by molar-refractivity contribution is 0.266. The number of nitrogens with zero attached hydrogens (tertiary/aromatic N) is 1. The van der Waals surface area contributed by atoms with Crippen molar-refractivity contribution in [2.45, 2.75) is 59.0 Å². The van der Waals surface area contributed by atoms with Gasteiger partial charge in [0.15, 0.2) is 0 Å². The van der Waals surface area contributed by atoms with E-state index in [-0.39, 0.29) is 0 Å². The first-order chi connectivity index (χ1) is 7.13. The van der Waals surface area contributed by atoms with Crippen molar-refractivity contribution < 1.29 is 0 Å². The molecule has 0 saturated carbocycles. The third kappa shape index (κ3) is 4.52. The Morgan fingerprint density at radius 1 is 1.13 bits per heavy atom. The van der Waals surface area contributed by atoms with Gasteiger partial charge in [-0.15, -0.1) is 0 Å². The molecular weight excluding hydrogens is 184 g/mol. The van der Waals surface area contributed by atoms with Crippen LogP contribution in [0.25, 0.3) is 0 Å². The molecular formula is C13H28N2. The lowest BCUT2D eigenvalue weighted by Crippen LogP contribution is -2.45. The number of hydrogen-bond acceptors (Lipinski definition) is 2. The molecule has 2 nitrogen and oxygen atoms in total. The summed E-state index contributed by atoms with van der Waals surface area (Å²) in [7, 11) is 0. The maximum Gasteiger partial charge on any atom is 0.0169 e. The molecule has 0 aliphatic carbocycles. The lowest BCUT2D eigenvalue weighted by Gasteiger charge is -2.28. The molecule has 2 atom stereocenters. The predicted molar refractivity (Wildman–Crippen MR) is 67.2 cm³/mol. The molecule has 2 heteroatoms. The Labute approximate surface area is 95.4 Å². The van der Waals surface area contributed by atoms with Crippen molar-refractivity contribution in [3.05, 3.63) is 0 Å². The molecule has 0 bridgehead atoms. The van der Waals surface area contributed by atoms with Crippen LogP contribution in [-0.4, -0.2) is 36.6 Å². The Hall–Kier alpha value is -0.0800. The first kappa shape index (κ1) is 13.0. The summed E-state index contributed by atoms with van der Waals surface area (Å²) in [4.78, 5) is 2.59. The van der Waals surface area contributed by atoms with Gasteiger partial charge in [0, 0.05) is 18.6 Å². The molecule has 15 heavy (non-hydrogen) atoms. The Morgan fingerprint density at radius 2 is 1.73 bits per heavy atom. The summed E-state index contributed by atoms with van der Waals surface area (Å²) in [5, 5.41) is 3.75. The zero-order valence-electron chi connectivity index (χ0n) is 10.9. The molecule has 0 aromatic rings. The summed E-state index contributed by atoms with van der Waals surface area (Å²) < 4.78 is 0. The first-order valence-corrected chi connectivity index (χ1v) is 6.62. The average molecular weight is 212 g/mol. The molecule has 1 heterocycles. The molecule has 0 spiro atoms. The van der Waals surface area contributed by atoms with Crippen LogP contribution >= 0.6 is 0 Å². The number of rotatable bonds is 6. The highest BCUT2D eigenvalue weighted by atomic mass is 15.2. The zero-order chi connectivity index (χ0) is 11.3. The van der Waals surface area contributed by atoms with Gasteiger partial charge in [0.05, 0.1) is 0 Å². The Morgan fingerprint density at radius 3 is 2.20 bits per heavy atom. The lowest BCUT2D eigenvalue weighted by atomic mass is 10.0. The Bertz CT molecular complexity index is 162. The highest BCUT2D eigenvalue weighted by molar-refractivity contribution is 4.77. The van der Waals surface area contributed by atoms with E-state index < -0.39 is 0 Å². The van der Waals surface area contributed by atoms with Crippen molar-refractivity contribution >= 4 is 0 Å². The van der Waals surface area contributed by atoms with Gasteiger partial charge < -0.3 is 10.2 Å². The highest BCUT2D eigenvalue weighted by Gasteiger charge is 2.17. The van der Waals surface area contributed by atoms with Crippen LogP contribution in [-0.2, 0) is 0 Å². The van der Waals surface area contributed by atoms with E-state index in [0.29, 0.717) is 12.1 Å². The van der Waals surface area contributed by atoms with Gasteiger partial charge >= 0.3 is 0 Å². The van der Waals surface area contributed by atoms with Gasteiger partial charge in [0.25, 0.3) is 0 Å². The maximum atomic E-state index is 3.75. The minimum Gasteiger partial charge on any atom is -0.310 e. The molecule has 1 saturated heterocycles. The average Bonchev–Trinajstić information content (AvgIpc) is 2.66. The van der Waals surface area contributed by atoms with E-state index in [9.17, 15) is 0 Å². The van der Waals surface area contributed by atoms with Gasteiger partial charge in [-0.1, -0.05) is 20.8 Å². The zero-order valence-corrected chi connectivity index (χ0v) is 10.9. The van der Waals surface area contributed by atoms with Gasteiger partial charge in [-0.25, -0.2) is 0 Å². The second kappa shape index (κ2) is 6.49. The van der Waals surface area contributed by atoms with Gasteiger partial charge in [-0.05, 0) is 45.2 Å². The molecule has 1 rings (SSSR count). The fourth-order valence-electron chi connectivity index (χ4n) is 2.55. The van der Waals surface area contributed by atoms with E-state index >= 15 is 0 Å². The van der Waals surface area contributed by atoms with Gasteiger partial charge in [-0.3, -0.25) is 0 Å². The molecule has 0 amide bonds. The van der Waals surface area contributed by atoms with Crippen molar-refractivity contribution in [1.29, 1.82) is 0 Å². The second-order valence-electron chi connectivity index (χ2n) is 5.33. The molecule has 1 aliphatic rings. The van der Waals surface area contributed by atoms with Crippen LogP contribution in [0.1, 0.15) is 47.0 Å². The van der Waals surface area contributed by atoms with E-state index in [0.717, 1.165) is 5.92 Å². The van der Waals surface area contributed by atoms with Crippen molar-refractivity contribution in [3.63, 3.8) is 0 Å². The predicted octanol–water partition coefficient (Wildman–Crippen LogP) is 2.49. The van der Waals surface area contributed by atoms with Crippen LogP contribution < -0.4 is 5.32 Å². The largest absolute Gasteiger partial charge is 0.310 e. The summed E-state index contributed by atoms with van der Waals surface area (Å²) in [6.45, 7) is 13.1. The van der Waals surface area contributed by atoms with Crippen molar-refractivity contribution in [2.75, 3.05) is 19.6 Å². The van der Waals surface area contributed by atoms with Crippen LogP contribution in [0.4, 0.5) is 0 Å². The molecule has 0 radical (unpaired) electrons. The Kier molecular flexibility index (Phi) is 5.62. The molecule has 0 aromatic heterocycles. The second-order valence-corrected chi connectivity index (χ2v) is 5.33. The minimum absolute atomic E-state index is 0.635. The standard InChI is InChI=1S/C13H28N2/c1-5-13(11(2)3)14-12(4)10-15-8-6-7-9-15/h11-14H,5-10H2,1-4H3. The summed E-state index contributed by atoms with van der Waals surface area (Å²) in [5.74, 6) is 0.746. The van der Waals surface area contributed by atoms with Gasteiger partial charge in [-0.2, -0.15) is 0 Å². The van der Waals surface area contributed by atoms with Crippen LogP contribution in [0.2, 0.25) is 0 Å². The van der Waals surface area contributed by atoms with E-state index in [1.807, 2.05) is 0 Å². The summed E-state index contributed by atoms with van der Waals surface area (Å²) in [6, 6.07) is 1.32. The normalized spacial score (nSPS) is 22.2.